The first-order chi connectivity index (χ1) is 13.6. The molecule has 7 nitrogen and oxygen atoms in total. The van der Waals surface area contributed by atoms with Gasteiger partial charge in [-0.3, -0.25) is 14.6 Å². The van der Waals surface area contributed by atoms with Crippen LogP contribution in [0.15, 0.2) is 42.7 Å². The maximum atomic E-state index is 12.5. The highest BCUT2D eigenvalue weighted by Crippen LogP contribution is 2.27. The number of pyridine rings is 1. The molecule has 2 aromatic rings. The number of ether oxygens (including phenoxy) is 2. The fourth-order valence-electron chi connectivity index (χ4n) is 3.32. The number of carbonyl (C=O) groups is 2. The number of carbonyl (C=O) groups excluding carboxylic acids is 2. The van der Waals surface area contributed by atoms with E-state index in [9.17, 15) is 9.59 Å². The van der Waals surface area contributed by atoms with Crippen LogP contribution in [0.25, 0.3) is 0 Å². The van der Waals surface area contributed by atoms with Crippen molar-refractivity contribution < 1.29 is 19.1 Å². The second-order valence-electron chi connectivity index (χ2n) is 6.76. The van der Waals surface area contributed by atoms with Gasteiger partial charge in [-0.15, -0.1) is 0 Å². The van der Waals surface area contributed by atoms with Gasteiger partial charge in [-0.25, -0.2) is 0 Å². The average Bonchev–Trinajstić information content (AvgIpc) is 3.09. The molecule has 0 spiro atoms. The molecule has 1 fully saturated rings. The number of rotatable bonds is 8. The third-order valence-corrected chi connectivity index (χ3v) is 4.87. The Morgan fingerprint density at radius 1 is 1.14 bits per heavy atom. The Labute approximate surface area is 164 Å². The highest BCUT2D eigenvalue weighted by atomic mass is 16.5. The van der Waals surface area contributed by atoms with E-state index in [1.54, 1.807) is 31.5 Å². The lowest BCUT2D eigenvalue weighted by Gasteiger charge is -2.16. The van der Waals surface area contributed by atoms with E-state index in [1.165, 1.54) is 0 Å². The molecule has 0 aliphatic carbocycles. The molecular formula is C21H25N3O4. The predicted octanol–water partition coefficient (Wildman–Crippen LogP) is 1.81. The Morgan fingerprint density at radius 2 is 1.89 bits per heavy atom. The van der Waals surface area contributed by atoms with Gasteiger partial charge < -0.3 is 19.7 Å². The molecule has 2 amide bonds. The van der Waals surface area contributed by atoms with Crippen molar-refractivity contribution in [2.45, 2.75) is 19.4 Å². The van der Waals surface area contributed by atoms with Crippen LogP contribution in [0.1, 0.15) is 17.5 Å². The van der Waals surface area contributed by atoms with E-state index in [4.69, 9.17) is 9.47 Å². The number of likely N-dealkylation sites (tertiary alicyclic amines) is 1. The van der Waals surface area contributed by atoms with E-state index in [-0.39, 0.29) is 24.2 Å². The SMILES string of the molecule is COc1ccc(CCNC(=O)C2CC(=O)N(Cc3ccncc3)C2)cc1OC. The lowest BCUT2D eigenvalue weighted by Crippen LogP contribution is -2.34. The first-order valence-corrected chi connectivity index (χ1v) is 9.26. The molecular weight excluding hydrogens is 358 g/mol. The molecule has 0 radical (unpaired) electrons. The maximum Gasteiger partial charge on any atom is 0.225 e. The summed E-state index contributed by atoms with van der Waals surface area (Å²) in [4.78, 5) is 30.4. The largest absolute Gasteiger partial charge is 0.493 e. The Morgan fingerprint density at radius 3 is 2.61 bits per heavy atom. The number of aromatic nitrogens is 1. The summed E-state index contributed by atoms with van der Waals surface area (Å²) in [5, 5.41) is 2.94. The number of nitrogens with zero attached hydrogens (tertiary/aromatic N) is 2. The van der Waals surface area contributed by atoms with Crippen molar-refractivity contribution in [3.05, 3.63) is 53.9 Å². The Kier molecular flexibility index (Phi) is 6.47. The van der Waals surface area contributed by atoms with Crippen LogP contribution in [0, 0.1) is 5.92 Å². The minimum absolute atomic E-state index is 0.0110. The molecule has 1 aliphatic rings. The van der Waals surface area contributed by atoms with Crippen LogP contribution in [0.5, 0.6) is 11.5 Å². The molecule has 7 heteroatoms. The zero-order valence-electron chi connectivity index (χ0n) is 16.2. The number of benzene rings is 1. The number of hydrogen-bond donors (Lipinski definition) is 1. The third-order valence-electron chi connectivity index (χ3n) is 4.87. The summed E-state index contributed by atoms with van der Waals surface area (Å²) in [6.07, 6.45) is 4.34. The minimum atomic E-state index is -0.306. The van der Waals surface area contributed by atoms with Gasteiger partial charge in [0.1, 0.15) is 0 Å². The number of amides is 2. The van der Waals surface area contributed by atoms with E-state index in [1.807, 2.05) is 30.3 Å². The molecule has 1 atom stereocenters. The van der Waals surface area contributed by atoms with Gasteiger partial charge >= 0.3 is 0 Å². The topological polar surface area (TPSA) is 80.8 Å². The van der Waals surface area contributed by atoms with Crippen molar-refractivity contribution in [3.8, 4) is 11.5 Å². The zero-order chi connectivity index (χ0) is 19.9. The van der Waals surface area contributed by atoms with E-state index in [0.717, 1.165) is 11.1 Å². The van der Waals surface area contributed by atoms with Gasteiger partial charge in [-0.1, -0.05) is 6.07 Å². The predicted molar refractivity (Wildman–Crippen MR) is 104 cm³/mol. The number of methoxy groups -OCH3 is 2. The van der Waals surface area contributed by atoms with Gasteiger partial charge in [-0.2, -0.15) is 0 Å². The fraction of sp³-hybridized carbons (Fsp3) is 0.381. The normalized spacial score (nSPS) is 16.1. The van der Waals surface area contributed by atoms with E-state index in [0.29, 0.717) is 37.6 Å². The van der Waals surface area contributed by atoms with Crippen LogP contribution in [0.2, 0.25) is 0 Å². The molecule has 28 heavy (non-hydrogen) atoms. The molecule has 148 valence electrons. The van der Waals surface area contributed by atoms with Crippen molar-refractivity contribution in [2.24, 2.45) is 5.92 Å². The standard InChI is InChI=1S/C21H25N3O4/c1-27-18-4-3-15(11-19(18)28-2)7-10-23-21(26)17-12-20(25)24(14-17)13-16-5-8-22-9-6-16/h3-6,8-9,11,17H,7,10,12-14H2,1-2H3,(H,23,26). The summed E-state index contributed by atoms with van der Waals surface area (Å²) in [6, 6.07) is 9.46. The fourth-order valence-corrected chi connectivity index (χ4v) is 3.32. The smallest absolute Gasteiger partial charge is 0.225 e. The van der Waals surface area contributed by atoms with E-state index >= 15 is 0 Å². The van der Waals surface area contributed by atoms with Gasteiger partial charge in [0, 0.05) is 38.4 Å². The lowest BCUT2D eigenvalue weighted by molar-refractivity contribution is -0.129. The van der Waals surface area contributed by atoms with Crippen LogP contribution in [-0.4, -0.2) is 49.0 Å². The van der Waals surface area contributed by atoms with Gasteiger partial charge in [-0.05, 0) is 41.8 Å². The highest BCUT2D eigenvalue weighted by Gasteiger charge is 2.33. The summed E-state index contributed by atoms with van der Waals surface area (Å²) in [6.45, 7) is 1.46. The molecule has 3 rings (SSSR count). The number of hydrogen-bond acceptors (Lipinski definition) is 5. The van der Waals surface area contributed by atoms with Gasteiger partial charge in [0.25, 0.3) is 0 Å². The summed E-state index contributed by atoms with van der Waals surface area (Å²) in [5.41, 5.74) is 2.05. The monoisotopic (exact) mass is 383 g/mol. The first kappa shape index (κ1) is 19.7. The summed E-state index contributed by atoms with van der Waals surface area (Å²) >= 11 is 0. The summed E-state index contributed by atoms with van der Waals surface area (Å²) in [5.74, 6) is 0.969. The molecule has 1 saturated heterocycles. The average molecular weight is 383 g/mol. The lowest BCUT2D eigenvalue weighted by atomic mass is 10.1. The van der Waals surface area contributed by atoms with Crippen molar-refractivity contribution >= 4 is 11.8 Å². The van der Waals surface area contributed by atoms with E-state index in [2.05, 4.69) is 10.3 Å². The molecule has 1 unspecified atom stereocenters. The molecule has 2 heterocycles. The van der Waals surface area contributed by atoms with Crippen LogP contribution in [0.3, 0.4) is 0 Å². The van der Waals surface area contributed by atoms with Crippen molar-refractivity contribution in [3.63, 3.8) is 0 Å². The van der Waals surface area contributed by atoms with Crippen LogP contribution in [-0.2, 0) is 22.6 Å². The Hall–Kier alpha value is -3.09. The molecule has 0 bridgehead atoms. The van der Waals surface area contributed by atoms with Gasteiger partial charge in [0.05, 0.1) is 20.1 Å². The zero-order valence-corrected chi connectivity index (χ0v) is 16.2. The molecule has 0 saturated carbocycles. The van der Waals surface area contributed by atoms with Crippen LogP contribution in [0.4, 0.5) is 0 Å². The molecule has 1 aromatic heterocycles. The molecule has 1 N–H and O–H groups in total. The third kappa shape index (κ3) is 4.79. The Bertz CT molecular complexity index is 826. The van der Waals surface area contributed by atoms with Crippen molar-refractivity contribution in [1.29, 1.82) is 0 Å². The quantitative estimate of drug-likeness (QED) is 0.752. The maximum absolute atomic E-state index is 12.5. The summed E-state index contributed by atoms with van der Waals surface area (Å²) < 4.78 is 10.5. The van der Waals surface area contributed by atoms with Gasteiger partial charge in [0.2, 0.25) is 11.8 Å². The molecule has 1 aliphatic heterocycles. The van der Waals surface area contributed by atoms with Crippen molar-refractivity contribution in [1.82, 2.24) is 15.2 Å². The second-order valence-corrected chi connectivity index (χ2v) is 6.76. The van der Waals surface area contributed by atoms with Crippen LogP contribution < -0.4 is 14.8 Å². The van der Waals surface area contributed by atoms with Crippen LogP contribution >= 0.6 is 0 Å². The van der Waals surface area contributed by atoms with Crippen molar-refractivity contribution in [2.75, 3.05) is 27.3 Å². The Balaban J connectivity index is 1.48. The first-order valence-electron chi connectivity index (χ1n) is 9.26. The minimum Gasteiger partial charge on any atom is -0.493 e. The molecule has 1 aromatic carbocycles. The second kappa shape index (κ2) is 9.21. The number of nitrogens with one attached hydrogen (secondary N) is 1. The van der Waals surface area contributed by atoms with Gasteiger partial charge in [0.15, 0.2) is 11.5 Å². The van der Waals surface area contributed by atoms with E-state index < -0.39 is 0 Å². The summed E-state index contributed by atoms with van der Waals surface area (Å²) in [7, 11) is 3.19. The highest BCUT2D eigenvalue weighted by molar-refractivity contribution is 5.89.